The summed E-state index contributed by atoms with van der Waals surface area (Å²) in [4.78, 5) is 0. The Kier molecular flexibility index (Phi) is 16.3. The van der Waals surface area contributed by atoms with Crippen molar-refractivity contribution in [2.45, 2.75) is 0 Å². The largest absolute Gasteiger partial charge is 0.309 e. The molecular weight excluding hydrogens is 1500 g/mol. The van der Waals surface area contributed by atoms with Gasteiger partial charge in [-0.05, 0) is 265 Å². The smallest absolute Gasteiger partial charge is 0.0541 e. The van der Waals surface area contributed by atoms with Gasteiger partial charge in [-0.1, -0.05) is 328 Å². The summed E-state index contributed by atoms with van der Waals surface area (Å²) >= 11 is 0. The Labute approximate surface area is 715 Å². The molecule has 26 rings (SSSR count). The lowest BCUT2D eigenvalue weighted by Gasteiger charge is -2.14. The molecule has 0 saturated heterocycles. The predicted molar refractivity (Wildman–Crippen MR) is 528 cm³/mol. The van der Waals surface area contributed by atoms with Crippen LogP contribution >= 0.6 is 0 Å². The van der Waals surface area contributed by atoms with Crippen molar-refractivity contribution >= 4 is 152 Å². The number of nitrogens with zero attached hydrogens (tertiary/aromatic N) is 4. The summed E-state index contributed by atoms with van der Waals surface area (Å²) in [6.07, 6.45) is 0. The first-order valence-electron chi connectivity index (χ1n) is 42.8. The molecule has 576 valence electrons. The molecule has 0 aliphatic rings. The maximum absolute atomic E-state index is 2.43. The highest BCUT2D eigenvalue weighted by Gasteiger charge is 2.22. The summed E-state index contributed by atoms with van der Waals surface area (Å²) in [6, 6.07) is 169. The van der Waals surface area contributed by atoms with Crippen LogP contribution in [0.4, 0.5) is 0 Å². The van der Waals surface area contributed by atoms with Crippen LogP contribution in [0.1, 0.15) is 0 Å². The molecule has 4 nitrogen and oxygen atoms in total. The van der Waals surface area contributed by atoms with Gasteiger partial charge in [-0.3, -0.25) is 0 Å². The minimum Gasteiger partial charge on any atom is -0.309 e. The minimum atomic E-state index is 1.15. The van der Waals surface area contributed by atoms with Gasteiger partial charge in [0, 0.05) is 65.8 Å². The highest BCUT2D eigenvalue weighted by atomic mass is 15.0. The van der Waals surface area contributed by atoms with E-state index in [0.29, 0.717) is 0 Å². The minimum absolute atomic E-state index is 1.15. The highest BCUT2D eigenvalue weighted by Crippen LogP contribution is 2.46. The zero-order chi connectivity index (χ0) is 81.5. The van der Waals surface area contributed by atoms with Gasteiger partial charge in [0.05, 0.1) is 44.1 Å². The van der Waals surface area contributed by atoms with E-state index >= 15 is 0 Å². The SMILES string of the molecule is c1ccc(-c2cccc(-n3c4ccccc4c4cc(-c5ccc6c(c5)c5ccccc5n6-c5ccc(-c6cc7ccc8ccccc8c7c7ccccc67)cc5)ccc43)c2)cc1.c1ccc(-c2cccc(-n3c4ccccc4c4cc(-c5ccc6c(c5)c5ccccc5n6-c5cccc(-c6ccc7c8ccccc8c8ccccc8c7c6)c5)ccc43)c2)cc1. The lowest BCUT2D eigenvalue weighted by molar-refractivity contribution is 1.18. The van der Waals surface area contributed by atoms with Crippen molar-refractivity contribution in [3.05, 3.63) is 461 Å². The summed E-state index contributed by atoms with van der Waals surface area (Å²) < 4.78 is 9.67. The van der Waals surface area contributed by atoms with Crippen molar-refractivity contribution < 1.29 is 0 Å². The van der Waals surface area contributed by atoms with Gasteiger partial charge >= 0.3 is 0 Å². The van der Waals surface area contributed by atoms with Crippen LogP contribution < -0.4 is 0 Å². The van der Waals surface area contributed by atoms with Crippen LogP contribution in [0, 0.1) is 0 Å². The average molecular weight is 1570 g/mol. The average Bonchev–Trinajstić information content (AvgIpc) is 1.33. The monoisotopic (exact) mass is 1570 g/mol. The van der Waals surface area contributed by atoms with Crippen LogP contribution in [0.2, 0.25) is 0 Å². The molecule has 0 aliphatic carbocycles. The Morgan fingerprint density at radius 2 is 0.387 bits per heavy atom. The molecule has 0 radical (unpaired) electrons. The van der Waals surface area contributed by atoms with E-state index in [2.05, 4.69) is 479 Å². The first-order chi connectivity index (χ1) is 61.5. The van der Waals surface area contributed by atoms with Gasteiger partial charge in [0.25, 0.3) is 0 Å². The maximum Gasteiger partial charge on any atom is 0.0541 e. The van der Waals surface area contributed by atoms with Crippen molar-refractivity contribution in [3.63, 3.8) is 0 Å². The van der Waals surface area contributed by atoms with Crippen LogP contribution in [-0.2, 0) is 0 Å². The molecule has 4 heterocycles. The number of aromatic nitrogens is 4. The molecule has 124 heavy (non-hydrogen) atoms. The van der Waals surface area contributed by atoms with Crippen molar-refractivity contribution in [1.29, 1.82) is 0 Å². The second-order valence-electron chi connectivity index (χ2n) is 33.0. The molecular formula is C120H76N4. The lowest BCUT2D eigenvalue weighted by Crippen LogP contribution is -1.94. The number of hydrogen-bond acceptors (Lipinski definition) is 0. The fourth-order valence-electron chi connectivity index (χ4n) is 20.5. The lowest BCUT2D eigenvalue weighted by atomic mass is 9.91. The van der Waals surface area contributed by atoms with Crippen LogP contribution in [0.15, 0.2) is 461 Å². The van der Waals surface area contributed by atoms with E-state index in [0.717, 1.165) is 22.7 Å². The van der Waals surface area contributed by atoms with Crippen molar-refractivity contribution in [3.8, 4) is 89.5 Å². The van der Waals surface area contributed by atoms with Crippen molar-refractivity contribution in [1.82, 2.24) is 18.3 Å². The second-order valence-corrected chi connectivity index (χ2v) is 33.0. The molecule has 4 heteroatoms. The Morgan fingerprint density at radius 3 is 0.806 bits per heavy atom. The quantitative estimate of drug-likeness (QED) is 0.122. The Hall–Kier alpha value is -16.4. The molecule has 26 aromatic rings. The normalized spacial score (nSPS) is 11.9. The van der Waals surface area contributed by atoms with E-state index in [4.69, 9.17) is 0 Å². The number of hydrogen-bond donors (Lipinski definition) is 0. The third-order valence-corrected chi connectivity index (χ3v) is 26.1. The fourth-order valence-corrected chi connectivity index (χ4v) is 20.5. The topological polar surface area (TPSA) is 19.7 Å². The predicted octanol–water partition coefficient (Wildman–Crippen LogP) is 32.7. The number of rotatable bonds is 10. The van der Waals surface area contributed by atoms with Crippen LogP contribution in [0.3, 0.4) is 0 Å². The summed E-state index contributed by atoms with van der Waals surface area (Å²) in [5.41, 5.74) is 28.8. The molecule has 0 atom stereocenters. The maximum atomic E-state index is 2.43. The molecule has 0 amide bonds. The molecule has 22 aromatic carbocycles. The zero-order valence-corrected chi connectivity index (χ0v) is 67.7. The third-order valence-electron chi connectivity index (χ3n) is 26.1. The third kappa shape index (κ3) is 11.5. The number of fused-ring (bicyclic) bond motifs is 23. The van der Waals surface area contributed by atoms with Crippen molar-refractivity contribution in [2.24, 2.45) is 0 Å². The molecule has 0 bridgehead atoms. The Balaban J connectivity index is 0.000000136. The summed E-state index contributed by atoms with van der Waals surface area (Å²) in [7, 11) is 0. The molecule has 0 unspecified atom stereocenters. The van der Waals surface area contributed by atoms with E-state index in [9.17, 15) is 0 Å². The highest BCUT2D eigenvalue weighted by molar-refractivity contribution is 6.27. The number of para-hydroxylation sites is 4. The van der Waals surface area contributed by atoms with Crippen molar-refractivity contribution in [2.75, 3.05) is 0 Å². The van der Waals surface area contributed by atoms with Crippen LogP contribution in [0.5, 0.6) is 0 Å². The molecule has 0 N–H and O–H groups in total. The summed E-state index contributed by atoms with van der Waals surface area (Å²) in [6.45, 7) is 0. The first kappa shape index (κ1) is 70.6. The van der Waals surface area contributed by atoms with E-state index in [1.807, 2.05) is 0 Å². The first-order valence-corrected chi connectivity index (χ1v) is 42.8. The molecule has 4 aromatic heterocycles. The Bertz CT molecular complexity index is 8820. The van der Waals surface area contributed by atoms with Crippen LogP contribution in [0.25, 0.3) is 241 Å². The summed E-state index contributed by atoms with van der Waals surface area (Å²) in [5, 5.41) is 25.4. The number of benzene rings is 22. The molecule has 0 aliphatic heterocycles. The van der Waals surface area contributed by atoms with Gasteiger partial charge in [-0.2, -0.15) is 0 Å². The van der Waals surface area contributed by atoms with E-state index in [-0.39, 0.29) is 0 Å². The molecule has 0 spiro atoms. The standard InChI is InChI=1S/2C60H38N2/c1-2-14-39(15-3-1)40-16-12-18-45(34-40)61-57-26-10-8-24-52(57)55-37-43(29-32-59(55)61)44-30-33-60-56(38-44)53-25-9-11-27-58(53)62(60)46-19-13-17-41(35-46)42-28-31-51-49-22-5-4-20-47(49)48-21-6-7-23-50(48)54(51)36-42;1-2-13-39(14-3-1)42-16-12-17-47(35-42)62-57-24-11-9-21-51(57)55-37-44(30-34-59(55)62)43-29-33-58-54(36-43)50-20-8-10-23-56(50)61(58)46-31-27-41(28-32-46)53-38-45-26-25-40-15-4-5-18-48(40)60(45)52-22-7-6-19-49(52)53/h2*1-38H. The van der Waals surface area contributed by atoms with Gasteiger partial charge in [0.2, 0.25) is 0 Å². The van der Waals surface area contributed by atoms with Gasteiger partial charge in [0.1, 0.15) is 0 Å². The Morgan fingerprint density at radius 1 is 0.113 bits per heavy atom. The van der Waals surface area contributed by atoms with Gasteiger partial charge < -0.3 is 18.3 Å². The van der Waals surface area contributed by atoms with Gasteiger partial charge in [0.15, 0.2) is 0 Å². The van der Waals surface area contributed by atoms with E-state index in [1.54, 1.807) is 0 Å². The van der Waals surface area contributed by atoms with Gasteiger partial charge in [-0.15, -0.1) is 0 Å². The van der Waals surface area contributed by atoms with E-state index < -0.39 is 0 Å². The van der Waals surface area contributed by atoms with Crippen LogP contribution in [-0.4, -0.2) is 18.3 Å². The molecule has 0 saturated carbocycles. The second kappa shape index (κ2) is 28.7. The molecule has 0 fully saturated rings. The summed E-state index contributed by atoms with van der Waals surface area (Å²) in [5.74, 6) is 0. The zero-order valence-electron chi connectivity index (χ0n) is 67.7. The van der Waals surface area contributed by atoms with E-state index in [1.165, 1.54) is 219 Å². The van der Waals surface area contributed by atoms with Gasteiger partial charge in [-0.25, -0.2) is 0 Å². The fraction of sp³-hybridized carbons (Fsp3) is 0.